The maximum atomic E-state index is 13.8. The first-order valence-corrected chi connectivity index (χ1v) is 11.2. The standard InChI is InChI=1S/C27H20FN3O4/c1-35-19-12-6-15(7-13-19)25(32)24-22-21(23-20-5-3-2-4-16(20)14-29-31(23)24)26(33)30(27(22)34)18-10-8-17(28)9-11-18/h2-14,21-24H,1H3/t21-,22-,23+,24+/m1/s1. The number of anilines is 1. The van der Waals surface area contributed by atoms with Gasteiger partial charge in [-0.2, -0.15) is 5.10 Å². The Balaban J connectivity index is 1.47. The van der Waals surface area contributed by atoms with Crippen molar-refractivity contribution >= 4 is 29.5 Å². The Bertz CT molecular complexity index is 1390. The number of halogens is 1. The maximum Gasteiger partial charge on any atom is 0.240 e. The summed E-state index contributed by atoms with van der Waals surface area (Å²) in [5.74, 6) is -2.82. The topological polar surface area (TPSA) is 79.3 Å². The molecule has 2 fully saturated rings. The van der Waals surface area contributed by atoms with Crippen LogP contribution in [-0.2, 0) is 9.59 Å². The van der Waals surface area contributed by atoms with Crippen LogP contribution in [0.2, 0.25) is 0 Å². The molecular weight excluding hydrogens is 449 g/mol. The number of ether oxygens (including phenoxy) is 1. The second kappa shape index (κ2) is 7.87. The van der Waals surface area contributed by atoms with Gasteiger partial charge in [-0.25, -0.2) is 9.29 Å². The average molecular weight is 469 g/mol. The molecule has 7 nitrogen and oxygen atoms in total. The summed E-state index contributed by atoms with van der Waals surface area (Å²) in [4.78, 5) is 42.4. The van der Waals surface area contributed by atoms with Crippen LogP contribution >= 0.6 is 0 Å². The zero-order valence-electron chi connectivity index (χ0n) is 18.7. The zero-order valence-corrected chi connectivity index (χ0v) is 18.7. The smallest absolute Gasteiger partial charge is 0.240 e. The van der Waals surface area contributed by atoms with Crippen molar-refractivity contribution in [2.45, 2.75) is 12.1 Å². The Morgan fingerprint density at radius 3 is 2.31 bits per heavy atom. The molecule has 3 heterocycles. The number of amides is 2. The second-order valence-electron chi connectivity index (χ2n) is 8.78. The summed E-state index contributed by atoms with van der Waals surface area (Å²) in [6.45, 7) is 0. The fraction of sp³-hybridized carbons (Fsp3) is 0.185. The van der Waals surface area contributed by atoms with Gasteiger partial charge in [-0.3, -0.25) is 19.4 Å². The number of rotatable bonds is 4. The molecular formula is C27H20FN3O4. The molecule has 174 valence electrons. The van der Waals surface area contributed by atoms with E-state index in [4.69, 9.17) is 4.74 Å². The number of imide groups is 1. The molecule has 0 radical (unpaired) electrons. The predicted octanol–water partition coefficient (Wildman–Crippen LogP) is 3.60. The fourth-order valence-electron chi connectivity index (χ4n) is 5.44. The number of fused-ring (bicyclic) bond motifs is 5. The molecule has 3 aromatic rings. The summed E-state index contributed by atoms with van der Waals surface area (Å²) < 4.78 is 18.7. The van der Waals surface area contributed by atoms with Gasteiger partial charge in [-0.15, -0.1) is 0 Å². The van der Waals surface area contributed by atoms with Crippen LogP contribution in [-0.4, -0.2) is 42.0 Å². The van der Waals surface area contributed by atoms with Gasteiger partial charge in [0.2, 0.25) is 11.8 Å². The van der Waals surface area contributed by atoms with Crippen LogP contribution in [0.15, 0.2) is 77.9 Å². The van der Waals surface area contributed by atoms with Gasteiger partial charge in [-0.1, -0.05) is 24.3 Å². The number of ketones is 1. The fourth-order valence-corrected chi connectivity index (χ4v) is 5.44. The van der Waals surface area contributed by atoms with Crippen molar-refractivity contribution < 1.29 is 23.5 Å². The minimum Gasteiger partial charge on any atom is -0.497 e. The highest BCUT2D eigenvalue weighted by molar-refractivity contribution is 6.24. The van der Waals surface area contributed by atoms with E-state index in [1.54, 1.807) is 35.5 Å². The highest BCUT2D eigenvalue weighted by atomic mass is 19.1. The summed E-state index contributed by atoms with van der Waals surface area (Å²) in [7, 11) is 1.54. The Labute approximate surface area is 200 Å². The van der Waals surface area contributed by atoms with Crippen molar-refractivity contribution in [1.29, 1.82) is 0 Å². The van der Waals surface area contributed by atoms with Gasteiger partial charge in [-0.05, 0) is 59.7 Å². The van der Waals surface area contributed by atoms with Gasteiger partial charge in [0, 0.05) is 5.56 Å². The van der Waals surface area contributed by atoms with Gasteiger partial charge < -0.3 is 4.74 Å². The molecule has 3 aliphatic heterocycles. The number of hydrogen-bond donors (Lipinski definition) is 0. The Hall–Kier alpha value is -4.33. The summed E-state index contributed by atoms with van der Waals surface area (Å²) >= 11 is 0. The number of benzene rings is 3. The average Bonchev–Trinajstić information content (AvgIpc) is 3.37. The molecule has 8 heteroatoms. The van der Waals surface area contributed by atoms with E-state index in [0.717, 1.165) is 16.0 Å². The number of carbonyl (C=O) groups is 3. The highest BCUT2D eigenvalue weighted by Crippen LogP contribution is 2.53. The van der Waals surface area contributed by atoms with Crippen LogP contribution in [0.4, 0.5) is 10.1 Å². The first-order valence-electron chi connectivity index (χ1n) is 11.2. The molecule has 0 spiro atoms. The Morgan fingerprint density at radius 1 is 0.914 bits per heavy atom. The van der Waals surface area contributed by atoms with Gasteiger partial charge in [0.1, 0.15) is 17.6 Å². The number of Topliss-reactive ketones (excluding diaryl/α,β-unsaturated/α-hetero) is 1. The van der Waals surface area contributed by atoms with Crippen molar-refractivity contribution in [3.8, 4) is 5.75 Å². The maximum absolute atomic E-state index is 13.8. The second-order valence-corrected chi connectivity index (χ2v) is 8.78. The lowest BCUT2D eigenvalue weighted by Gasteiger charge is -2.33. The number of nitrogens with zero attached hydrogens (tertiary/aromatic N) is 3. The van der Waals surface area contributed by atoms with E-state index >= 15 is 0 Å². The molecule has 4 atom stereocenters. The lowest BCUT2D eigenvalue weighted by atomic mass is 9.83. The Kier molecular flexibility index (Phi) is 4.77. The largest absolute Gasteiger partial charge is 0.497 e. The van der Waals surface area contributed by atoms with Gasteiger partial charge in [0.15, 0.2) is 5.78 Å². The zero-order chi connectivity index (χ0) is 24.3. The molecule has 0 aromatic heterocycles. The molecule has 0 unspecified atom stereocenters. The van der Waals surface area contributed by atoms with Gasteiger partial charge >= 0.3 is 0 Å². The number of carbonyl (C=O) groups excluding carboxylic acids is 3. The van der Waals surface area contributed by atoms with Gasteiger partial charge in [0.25, 0.3) is 0 Å². The molecule has 35 heavy (non-hydrogen) atoms. The molecule has 0 N–H and O–H groups in total. The highest BCUT2D eigenvalue weighted by Gasteiger charge is 2.65. The quantitative estimate of drug-likeness (QED) is 0.431. The first kappa shape index (κ1) is 21.2. The van der Waals surface area contributed by atoms with Crippen molar-refractivity contribution in [3.63, 3.8) is 0 Å². The lowest BCUT2D eigenvalue weighted by Crippen LogP contribution is -2.44. The molecule has 2 saturated heterocycles. The summed E-state index contributed by atoms with van der Waals surface area (Å²) in [5.41, 5.74) is 2.35. The predicted molar refractivity (Wildman–Crippen MR) is 126 cm³/mol. The van der Waals surface area contributed by atoms with E-state index in [-0.39, 0.29) is 11.5 Å². The third-order valence-electron chi connectivity index (χ3n) is 7.02. The van der Waals surface area contributed by atoms with Crippen molar-refractivity contribution in [2.24, 2.45) is 16.9 Å². The monoisotopic (exact) mass is 469 g/mol. The molecule has 0 bridgehead atoms. The van der Waals surface area contributed by atoms with Crippen LogP contribution in [0.5, 0.6) is 5.75 Å². The summed E-state index contributed by atoms with van der Waals surface area (Å²) in [5, 5.41) is 6.16. The number of methoxy groups -OCH3 is 1. The molecule has 3 aromatic carbocycles. The molecule has 6 rings (SSSR count). The minimum atomic E-state index is -0.968. The number of hydrazone groups is 1. The summed E-state index contributed by atoms with van der Waals surface area (Å²) in [6, 6.07) is 17.8. The van der Waals surface area contributed by atoms with Crippen LogP contribution in [0, 0.1) is 17.7 Å². The van der Waals surface area contributed by atoms with Gasteiger partial charge in [0.05, 0.1) is 36.9 Å². The van der Waals surface area contributed by atoms with E-state index in [1.807, 2.05) is 24.3 Å². The first-order chi connectivity index (χ1) is 17.0. The third kappa shape index (κ3) is 3.10. The SMILES string of the molecule is COc1ccc(C(=O)[C@@H]2[C@@H]3C(=O)N(c4ccc(F)cc4)C(=O)[C@H]3[C@@H]3c4ccccc4C=NN23)cc1. The van der Waals surface area contributed by atoms with Crippen molar-refractivity contribution in [1.82, 2.24) is 5.01 Å². The van der Waals surface area contributed by atoms with Crippen molar-refractivity contribution in [2.75, 3.05) is 12.0 Å². The van der Waals surface area contributed by atoms with Crippen LogP contribution in [0.25, 0.3) is 0 Å². The molecule has 2 amide bonds. The van der Waals surface area contributed by atoms with E-state index in [2.05, 4.69) is 5.10 Å². The van der Waals surface area contributed by atoms with Crippen molar-refractivity contribution in [3.05, 3.63) is 95.3 Å². The van der Waals surface area contributed by atoms with Crippen LogP contribution in [0.3, 0.4) is 0 Å². The number of hydrogen-bond acceptors (Lipinski definition) is 6. The van der Waals surface area contributed by atoms with E-state index < -0.39 is 41.6 Å². The minimum absolute atomic E-state index is 0.283. The van der Waals surface area contributed by atoms with E-state index in [1.165, 1.54) is 31.4 Å². The molecule has 0 saturated carbocycles. The summed E-state index contributed by atoms with van der Waals surface area (Å²) in [6.07, 6.45) is 1.66. The van der Waals surface area contributed by atoms with E-state index in [9.17, 15) is 18.8 Å². The molecule has 0 aliphatic carbocycles. The van der Waals surface area contributed by atoms with Crippen LogP contribution in [0.1, 0.15) is 27.5 Å². The lowest BCUT2D eigenvalue weighted by molar-refractivity contribution is -0.124. The third-order valence-corrected chi connectivity index (χ3v) is 7.02. The molecule has 3 aliphatic rings. The normalized spacial score (nSPS) is 24.3. The van der Waals surface area contributed by atoms with E-state index in [0.29, 0.717) is 11.3 Å². The Morgan fingerprint density at radius 2 is 1.60 bits per heavy atom. The van der Waals surface area contributed by atoms with Crippen LogP contribution < -0.4 is 9.64 Å².